The van der Waals surface area contributed by atoms with Crippen LogP contribution in [0.25, 0.3) is 0 Å². The molecule has 0 amide bonds. The molecular weight excluding hydrogens is 493 g/mol. The second-order valence-corrected chi connectivity index (χ2v) is 11.1. The number of alkyl halides is 3. The predicted octanol–water partition coefficient (Wildman–Crippen LogP) is 5.81. The Hall–Kier alpha value is -3.06. The highest BCUT2D eigenvalue weighted by molar-refractivity contribution is 5.53. The van der Waals surface area contributed by atoms with Gasteiger partial charge in [0.05, 0.1) is 6.20 Å². The van der Waals surface area contributed by atoms with Crippen molar-refractivity contribution >= 4 is 11.8 Å². The van der Waals surface area contributed by atoms with Gasteiger partial charge in [-0.25, -0.2) is 4.98 Å². The molecule has 1 aromatic carbocycles. The van der Waals surface area contributed by atoms with Gasteiger partial charge >= 0.3 is 6.36 Å². The number of rotatable bonds is 10. The fourth-order valence-corrected chi connectivity index (χ4v) is 7.63. The zero-order valence-corrected chi connectivity index (χ0v) is 21.9. The average molecular weight is 529 g/mol. The molecule has 0 spiro atoms. The zero-order valence-electron chi connectivity index (χ0n) is 21.9. The van der Waals surface area contributed by atoms with Gasteiger partial charge in [0.1, 0.15) is 23.2 Å². The molecule has 5 atom stereocenters. The topological polar surface area (TPSA) is 86.1 Å². The predicted molar refractivity (Wildman–Crippen MR) is 138 cm³/mol. The fourth-order valence-electron chi connectivity index (χ4n) is 7.63. The molecular formula is C28H35F3N6O. The quantitative estimate of drug-likeness (QED) is 0.403. The molecule has 3 unspecified atom stereocenters. The summed E-state index contributed by atoms with van der Waals surface area (Å²) in [6.45, 7) is 7.52. The maximum atomic E-state index is 12.8. The van der Waals surface area contributed by atoms with Crippen molar-refractivity contribution in [3.05, 3.63) is 41.6 Å². The molecule has 2 aromatic rings. The molecule has 4 saturated carbocycles. The van der Waals surface area contributed by atoms with E-state index in [0.29, 0.717) is 23.0 Å². The number of para-hydroxylation sites is 1. The summed E-state index contributed by atoms with van der Waals surface area (Å²) < 4.78 is 42.4. The number of hydrogen-bond donors (Lipinski definition) is 2. The summed E-state index contributed by atoms with van der Waals surface area (Å²) in [5.41, 5.74) is 0.880. The standard InChI is InChI=1S/C28H35F3N6O/c1-3-37(4-2)24-20-9-18-10-21(24)13-27(11-18,12-20)17-35-25-22(14-32)16-34-26(36-25)33-15-19-7-5-6-8-23(19)38-28(29,30)31/h5-8,16,18,20-21,24H,3-4,9-13,15,17H2,1-2H3,(H2,33,34,35,36)/t18?,20-,21+,24?,27?. The van der Waals surface area contributed by atoms with Crippen molar-refractivity contribution < 1.29 is 17.9 Å². The summed E-state index contributed by atoms with van der Waals surface area (Å²) in [6, 6.07) is 8.79. The summed E-state index contributed by atoms with van der Waals surface area (Å²) in [6.07, 6.45) is 2.93. The van der Waals surface area contributed by atoms with Crippen molar-refractivity contribution in [2.45, 2.75) is 64.9 Å². The smallest absolute Gasteiger partial charge is 0.405 e. The first-order valence-electron chi connectivity index (χ1n) is 13.5. The Kier molecular flexibility index (Phi) is 7.40. The number of halogens is 3. The minimum absolute atomic E-state index is 0.0410. The Morgan fingerprint density at radius 1 is 1.11 bits per heavy atom. The maximum absolute atomic E-state index is 12.8. The zero-order chi connectivity index (χ0) is 26.9. The van der Waals surface area contributed by atoms with E-state index in [9.17, 15) is 18.4 Å². The lowest BCUT2D eigenvalue weighted by atomic mass is 9.47. The van der Waals surface area contributed by atoms with Crippen LogP contribution in [0.3, 0.4) is 0 Å². The lowest BCUT2D eigenvalue weighted by Gasteiger charge is -2.62. The molecule has 0 radical (unpaired) electrons. The van der Waals surface area contributed by atoms with E-state index in [1.807, 2.05) is 0 Å². The van der Waals surface area contributed by atoms with Gasteiger partial charge < -0.3 is 20.3 Å². The molecule has 4 aliphatic carbocycles. The summed E-state index contributed by atoms with van der Waals surface area (Å²) in [5, 5.41) is 16.1. The lowest BCUT2D eigenvalue weighted by molar-refractivity contribution is -0.274. The fraction of sp³-hybridized carbons (Fsp3) is 0.607. The summed E-state index contributed by atoms with van der Waals surface area (Å²) in [5.74, 6) is 2.64. The number of benzene rings is 1. The van der Waals surface area contributed by atoms with E-state index in [-0.39, 0.29) is 23.7 Å². The first kappa shape index (κ1) is 26.5. The van der Waals surface area contributed by atoms with Crippen LogP contribution in [-0.4, -0.2) is 46.9 Å². The normalized spacial score (nSPS) is 27.8. The SMILES string of the molecule is CCN(CC)C1[C@@H]2CC3C[C@H]1CC(CNc1nc(NCc4ccccc4OC(F)(F)F)ncc1C#N)(C3)C2. The first-order valence-corrected chi connectivity index (χ1v) is 13.5. The van der Waals surface area contributed by atoms with Crippen LogP contribution >= 0.6 is 0 Å². The summed E-state index contributed by atoms with van der Waals surface area (Å²) >= 11 is 0. The summed E-state index contributed by atoms with van der Waals surface area (Å²) in [7, 11) is 0. The number of nitrogens with one attached hydrogen (secondary N) is 2. The highest BCUT2D eigenvalue weighted by Gasteiger charge is 2.56. The Morgan fingerprint density at radius 3 is 2.47 bits per heavy atom. The van der Waals surface area contributed by atoms with Crippen molar-refractivity contribution in [1.82, 2.24) is 14.9 Å². The Morgan fingerprint density at radius 2 is 1.82 bits per heavy atom. The monoisotopic (exact) mass is 528 g/mol. The second-order valence-electron chi connectivity index (χ2n) is 11.1. The molecule has 2 N–H and O–H groups in total. The van der Waals surface area contributed by atoms with E-state index in [4.69, 9.17) is 0 Å². The molecule has 10 heteroatoms. The van der Waals surface area contributed by atoms with Gasteiger partial charge in [0.25, 0.3) is 0 Å². The largest absolute Gasteiger partial charge is 0.573 e. The average Bonchev–Trinajstić information content (AvgIpc) is 2.88. The number of ether oxygens (including phenoxy) is 1. The molecule has 4 bridgehead atoms. The number of aromatic nitrogens is 2. The van der Waals surface area contributed by atoms with Crippen LogP contribution in [0.4, 0.5) is 24.9 Å². The molecule has 4 aliphatic rings. The molecule has 7 nitrogen and oxygen atoms in total. The number of nitriles is 1. The van der Waals surface area contributed by atoms with E-state index < -0.39 is 6.36 Å². The third-order valence-corrected chi connectivity index (χ3v) is 8.76. The molecule has 204 valence electrons. The maximum Gasteiger partial charge on any atom is 0.573 e. The van der Waals surface area contributed by atoms with Gasteiger partial charge in [-0.15, -0.1) is 13.2 Å². The lowest BCUT2D eigenvalue weighted by Crippen LogP contribution is -2.60. The van der Waals surface area contributed by atoms with Gasteiger partial charge in [0, 0.05) is 24.7 Å². The molecule has 0 saturated heterocycles. The van der Waals surface area contributed by atoms with Gasteiger partial charge in [-0.3, -0.25) is 0 Å². The van der Waals surface area contributed by atoms with Crippen LogP contribution in [0, 0.1) is 34.5 Å². The van der Waals surface area contributed by atoms with Gasteiger partial charge in [0.2, 0.25) is 5.95 Å². The minimum atomic E-state index is -4.78. The number of anilines is 2. The van der Waals surface area contributed by atoms with Crippen molar-refractivity contribution in [2.24, 2.45) is 23.2 Å². The summed E-state index contributed by atoms with van der Waals surface area (Å²) in [4.78, 5) is 11.4. The van der Waals surface area contributed by atoms with E-state index in [1.54, 1.807) is 12.1 Å². The third-order valence-electron chi connectivity index (χ3n) is 8.76. The molecule has 0 aliphatic heterocycles. The van der Waals surface area contributed by atoms with E-state index in [0.717, 1.165) is 37.4 Å². The molecule has 1 heterocycles. The highest BCUT2D eigenvalue weighted by Crippen LogP contribution is 2.61. The van der Waals surface area contributed by atoms with Crippen molar-refractivity contribution in [2.75, 3.05) is 30.3 Å². The van der Waals surface area contributed by atoms with Crippen LogP contribution in [0.5, 0.6) is 5.75 Å². The van der Waals surface area contributed by atoms with Crippen molar-refractivity contribution in [3.63, 3.8) is 0 Å². The van der Waals surface area contributed by atoms with Crippen molar-refractivity contribution in [3.8, 4) is 11.8 Å². The Labute approximate surface area is 221 Å². The first-order chi connectivity index (χ1) is 18.2. The van der Waals surface area contributed by atoms with Gasteiger partial charge in [-0.1, -0.05) is 32.0 Å². The van der Waals surface area contributed by atoms with Crippen LogP contribution in [0.1, 0.15) is 57.1 Å². The molecule has 4 fully saturated rings. The second kappa shape index (κ2) is 10.6. The Bertz CT molecular complexity index is 1160. The molecule has 6 rings (SSSR count). The van der Waals surface area contributed by atoms with E-state index in [2.05, 4.69) is 50.2 Å². The minimum Gasteiger partial charge on any atom is -0.405 e. The van der Waals surface area contributed by atoms with Crippen molar-refractivity contribution in [1.29, 1.82) is 5.26 Å². The van der Waals surface area contributed by atoms with Gasteiger partial charge in [-0.05, 0) is 74.4 Å². The van der Waals surface area contributed by atoms with E-state index in [1.165, 1.54) is 50.4 Å². The highest BCUT2D eigenvalue weighted by atomic mass is 19.4. The Balaban J connectivity index is 1.27. The molecule has 1 aromatic heterocycles. The van der Waals surface area contributed by atoms with Crippen LogP contribution in [0.15, 0.2) is 30.5 Å². The number of nitrogens with zero attached hydrogens (tertiary/aromatic N) is 4. The van der Waals surface area contributed by atoms with E-state index >= 15 is 0 Å². The molecule has 38 heavy (non-hydrogen) atoms. The van der Waals surface area contributed by atoms with Crippen LogP contribution < -0.4 is 15.4 Å². The third kappa shape index (κ3) is 5.53. The van der Waals surface area contributed by atoms with Crippen LogP contribution in [-0.2, 0) is 6.54 Å². The van der Waals surface area contributed by atoms with Crippen LogP contribution in [0.2, 0.25) is 0 Å². The number of hydrogen-bond acceptors (Lipinski definition) is 7. The van der Waals surface area contributed by atoms with Gasteiger partial charge in [-0.2, -0.15) is 10.2 Å². The van der Waals surface area contributed by atoms with Gasteiger partial charge in [0.15, 0.2) is 0 Å².